The van der Waals surface area contributed by atoms with Crippen molar-refractivity contribution in [2.75, 3.05) is 26.4 Å². The van der Waals surface area contributed by atoms with Gasteiger partial charge in [0.05, 0.1) is 44.2 Å². The van der Waals surface area contributed by atoms with Gasteiger partial charge in [-0.25, -0.2) is 19.6 Å². The molecule has 4 aromatic heterocycles. The third-order valence-electron chi connectivity index (χ3n) is 11.8. The lowest BCUT2D eigenvalue weighted by Crippen LogP contribution is -2.10. The molecule has 11 heteroatoms. The molecule has 0 atom stereocenters. The summed E-state index contributed by atoms with van der Waals surface area (Å²) >= 11 is 3.87. The van der Waals surface area contributed by atoms with Gasteiger partial charge in [-0.2, -0.15) is 0 Å². The molecule has 0 amide bonds. The molecule has 0 radical (unpaired) electrons. The van der Waals surface area contributed by atoms with E-state index in [2.05, 4.69) is 60.5 Å². The average molecular weight is 892 g/mol. The number of rotatable bonds is 16. The van der Waals surface area contributed by atoms with Gasteiger partial charge in [-0.1, -0.05) is 99.2 Å². The quantitative estimate of drug-likeness (QED) is 0.0698. The molecule has 2 aromatic carbocycles. The van der Waals surface area contributed by atoms with E-state index in [-0.39, 0.29) is 11.9 Å². The van der Waals surface area contributed by atoms with Crippen LogP contribution in [0.25, 0.3) is 22.1 Å². The second kappa shape index (κ2) is 22.3. The first-order valence-electron chi connectivity index (χ1n) is 22.2. The van der Waals surface area contributed by atoms with Crippen molar-refractivity contribution in [2.45, 2.75) is 116 Å². The fourth-order valence-electron chi connectivity index (χ4n) is 8.78. The second-order valence-corrected chi connectivity index (χ2v) is 16.7. The molecule has 2 aliphatic rings. The number of carbonyl (C=O) groups excluding carboxylic acids is 2. The van der Waals surface area contributed by atoms with Gasteiger partial charge in [0.25, 0.3) is 0 Å². The van der Waals surface area contributed by atoms with Gasteiger partial charge in [-0.15, -0.1) is 0 Å². The fraction of sp³-hybridized carbons (Fsp3) is 0.440. The van der Waals surface area contributed by atoms with Gasteiger partial charge in [-0.05, 0) is 114 Å². The summed E-state index contributed by atoms with van der Waals surface area (Å²) in [4.78, 5) is 33.9. The Morgan fingerprint density at radius 3 is 1.69 bits per heavy atom. The van der Waals surface area contributed by atoms with Crippen LogP contribution in [0.1, 0.15) is 133 Å². The Kier molecular flexibility index (Phi) is 16.2. The standard InChI is InChI=1S/C25H29BrN2O3.C25H30N2O3/c1-2-31-25(29)21-14-13-20-22(19-11-7-4-8-12-19)23(26)28(24(20)27-21)15-16-30-17-18-9-5-3-6-10-18;1-2-30-25(28)23-14-13-21-22(20-11-7-4-8-12-20)17-27(24(21)26-23)15-16-29-18-19-9-5-3-6-10-19/h3,5-6,9-10,13-14,19H,2,4,7-8,11-12,15-17H2,1H3;3,5-6,9-10,13-14,17,20H,2,4,7-8,11-12,15-16,18H2,1H3. The zero-order chi connectivity index (χ0) is 42.4. The zero-order valence-corrected chi connectivity index (χ0v) is 37.2. The van der Waals surface area contributed by atoms with Gasteiger partial charge in [0.15, 0.2) is 11.4 Å². The number of esters is 2. The van der Waals surface area contributed by atoms with Crippen LogP contribution in [-0.2, 0) is 45.3 Å². The van der Waals surface area contributed by atoms with Crippen molar-refractivity contribution in [2.24, 2.45) is 0 Å². The van der Waals surface area contributed by atoms with E-state index in [1.807, 2.05) is 55.5 Å². The maximum atomic E-state index is 12.3. The average Bonchev–Trinajstić information content (AvgIpc) is 3.81. The van der Waals surface area contributed by atoms with E-state index >= 15 is 0 Å². The highest BCUT2D eigenvalue weighted by Crippen LogP contribution is 2.42. The topological polar surface area (TPSA) is 107 Å². The van der Waals surface area contributed by atoms with Crippen molar-refractivity contribution in [1.29, 1.82) is 0 Å². The molecule has 0 N–H and O–H groups in total. The minimum Gasteiger partial charge on any atom is -0.461 e. The SMILES string of the molecule is CCOC(=O)c1ccc2c(C3CCCCC3)c(Br)n(CCOCc3ccccc3)c2n1.CCOC(=O)c1ccc2c(C3CCCCC3)cn(CCOCc3ccccc3)c2n1. The lowest BCUT2D eigenvalue weighted by Gasteiger charge is -2.22. The number of carbonyl (C=O) groups is 2. The highest BCUT2D eigenvalue weighted by molar-refractivity contribution is 9.10. The van der Waals surface area contributed by atoms with Crippen LogP contribution in [0.3, 0.4) is 0 Å². The Bertz CT molecular complexity index is 2330. The second-order valence-electron chi connectivity index (χ2n) is 16.0. The Morgan fingerprint density at radius 1 is 0.623 bits per heavy atom. The molecule has 2 aliphatic carbocycles. The number of benzene rings is 2. The Labute approximate surface area is 368 Å². The van der Waals surface area contributed by atoms with E-state index in [1.54, 1.807) is 19.1 Å². The number of pyridine rings is 2. The van der Waals surface area contributed by atoms with E-state index in [0.29, 0.717) is 76.0 Å². The van der Waals surface area contributed by atoms with Gasteiger partial charge in [0, 0.05) is 30.1 Å². The molecule has 322 valence electrons. The molecule has 0 spiro atoms. The van der Waals surface area contributed by atoms with E-state index < -0.39 is 0 Å². The summed E-state index contributed by atoms with van der Waals surface area (Å²) in [5, 5.41) is 2.27. The lowest BCUT2D eigenvalue weighted by molar-refractivity contribution is 0.0510. The van der Waals surface area contributed by atoms with Crippen molar-refractivity contribution in [3.63, 3.8) is 0 Å². The molecule has 8 rings (SSSR count). The number of hydrogen-bond donors (Lipinski definition) is 0. The lowest BCUT2D eigenvalue weighted by atomic mass is 9.84. The summed E-state index contributed by atoms with van der Waals surface area (Å²) in [5.74, 6) is 0.342. The third kappa shape index (κ3) is 11.4. The summed E-state index contributed by atoms with van der Waals surface area (Å²) < 4.78 is 27.5. The summed E-state index contributed by atoms with van der Waals surface area (Å²) in [5.41, 5.74) is 7.39. The van der Waals surface area contributed by atoms with Crippen LogP contribution < -0.4 is 0 Å². The maximum absolute atomic E-state index is 12.3. The summed E-state index contributed by atoms with van der Waals surface area (Å²) in [6.07, 6.45) is 14.8. The monoisotopic (exact) mass is 890 g/mol. The minimum atomic E-state index is -0.382. The molecule has 10 nitrogen and oxygen atoms in total. The van der Waals surface area contributed by atoms with Crippen LogP contribution >= 0.6 is 15.9 Å². The molecule has 2 saturated carbocycles. The van der Waals surface area contributed by atoms with Crippen LogP contribution in [0.2, 0.25) is 0 Å². The molecule has 6 aromatic rings. The van der Waals surface area contributed by atoms with E-state index in [4.69, 9.17) is 23.9 Å². The molecular formula is C50H59BrN4O6. The summed E-state index contributed by atoms with van der Waals surface area (Å²) in [7, 11) is 0. The predicted molar refractivity (Wildman–Crippen MR) is 243 cm³/mol. The summed E-state index contributed by atoms with van der Waals surface area (Å²) in [6.45, 7) is 7.99. The molecule has 0 bridgehead atoms. The predicted octanol–water partition coefficient (Wildman–Crippen LogP) is 11.7. The highest BCUT2D eigenvalue weighted by Gasteiger charge is 2.26. The molecule has 0 unspecified atom stereocenters. The molecule has 0 aliphatic heterocycles. The van der Waals surface area contributed by atoms with Crippen LogP contribution in [0.15, 0.2) is 95.7 Å². The third-order valence-corrected chi connectivity index (χ3v) is 12.7. The van der Waals surface area contributed by atoms with Gasteiger partial charge < -0.3 is 28.1 Å². The van der Waals surface area contributed by atoms with Gasteiger partial charge in [0.1, 0.15) is 11.3 Å². The van der Waals surface area contributed by atoms with Crippen LogP contribution in [0.4, 0.5) is 0 Å². The minimum absolute atomic E-state index is 0.337. The molecular weight excluding hydrogens is 832 g/mol. The number of halogens is 1. The van der Waals surface area contributed by atoms with Crippen molar-refractivity contribution in [1.82, 2.24) is 19.1 Å². The number of fused-ring (bicyclic) bond motifs is 2. The Hall–Kier alpha value is -4.84. The number of hydrogen-bond acceptors (Lipinski definition) is 8. The molecule has 61 heavy (non-hydrogen) atoms. The van der Waals surface area contributed by atoms with E-state index in [9.17, 15) is 9.59 Å². The fourth-order valence-corrected chi connectivity index (χ4v) is 9.67. The highest BCUT2D eigenvalue weighted by atomic mass is 79.9. The first-order chi connectivity index (χ1) is 29.9. The molecule has 0 saturated heterocycles. The van der Waals surface area contributed by atoms with Crippen molar-refractivity contribution in [3.8, 4) is 0 Å². The number of nitrogens with zero attached hydrogens (tertiary/aromatic N) is 4. The van der Waals surface area contributed by atoms with Crippen LogP contribution in [0.5, 0.6) is 0 Å². The smallest absolute Gasteiger partial charge is 0.356 e. The van der Waals surface area contributed by atoms with E-state index in [1.165, 1.54) is 80.9 Å². The first kappa shape index (κ1) is 44.2. The summed E-state index contributed by atoms with van der Waals surface area (Å²) in [6, 6.07) is 28.0. The van der Waals surface area contributed by atoms with Crippen LogP contribution in [0, 0.1) is 0 Å². The number of aromatic nitrogens is 4. The largest absolute Gasteiger partial charge is 0.461 e. The van der Waals surface area contributed by atoms with Crippen molar-refractivity contribution >= 4 is 49.9 Å². The maximum Gasteiger partial charge on any atom is 0.356 e. The molecule has 4 heterocycles. The van der Waals surface area contributed by atoms with Gasteiger partial charge >= 0.3 is 11.9 Å². The Morgan fingerprint density at radius 2 is 1.13 bits per heavy atom. The van der Waals surface area contributed by atoms with Gasteiger partial charge in [0.2, 0.25) is 0 Å². The first-order valence-corrected chi connectivity index (χ1v) is 23.0. The van der Waals surface area contributed by atoms with E-state index in [0.717, 1.165) is 32.2 Å². The van der Waals surface area contributed by atoms with Crippen molar-refractivity contribution < 1.29 is 28.5 Å². The van der Waals surface area contributed by atoms with Gasteiger partial charge in [-0.3, -0.25) is 0 Å². The van der Waals surface area contributed by atoms with Crippen molar-refractivity contribution in [3.05, 3.63) is 129 Å². The normalized spacial score (nSPS) is 14.8. The number of ether oxygens (including phenoxy) is 4. The van der Waals surface area contributed by atoms with Crippen LogP contribution in [-0.4, -0.2) is 57.5 Å². The molecule has 2 fully saturated rings. The zero-order valence-electron chi connectivity index (χ0n) is 35.7. The Balaban J connectivity index is 0.000000184.